The molecule has 0 unspecified atom stereocenters. The summed E-state index contributed by atoms with van der Waals surface area (Å²) < 4.78 is 5.17. The maximum Gasteiger partial charge on any atom is 0.337 e. The van der Waals surface area contributed by atoms with Crippen molar-refractivity contribution >= 4 is 23.3 Å². The van der Waals surface area contributed by atoms with E-state index in [9.17, 15) is 4.79 Å². The van der Waals surface area contributed by atoms with Gasteiger partial charge in [-0.15, -0.1) is 0 Å². The molecule has 5 heteroatoms. The zero-order valence-electron chi connectivity index (χ0n) is 11.4. The molecule has 0 bridgehead atoms. The Balaban J connectivity index is 2.26. The van der Waals surface area contributed by atoms with Gasteiger partial charge in [0.05, 0.1) is 18.2 Å². The van der Waals surface area contributed by atoms with Gasteiger partial charge in [0, 0.05) is 5.70 Å². The Bertz CT molecular complexity index is 443. The van der Waals surface area contributed by atoms with Crippen molar-refractivity contribution in [3.05, 3.63) is 23.4 Å². The highest BCUT2D eigenvalue weighted by Gasteiger charge is 2.34. The molecule has 0 aromatic carbocycles. The Morgan fingerprint density at radius 3 is 2.95 bits per heavy atom. The molecule has 0 aromatic heterocycles. The van der Waals surface area contributed by atoms with E-state index in [0.29, 0.717) is 23.2 Å². The van der Waals surface area contributed by atoms with E-state index in [4.69, 9.17) is 17.0 Å². The Morgan fingerprint density at radius 2 is 2.32 bits per heavy atom. The van der Waals surface area contributed by atoms with Crippen LogP contribution in [0.15, 0.2) is 23.4 Å². The van der Waals surface area contributed by atoms with Gasteiger partial charge in [-0.2, -0.15) is 0 Å². The van der Waals surface area contributed by atoms with Gasteiger partial charge in [0.1, 0.15) is 0 Å². The van der Waals surface area contributed by atoms with Crippen molar-refractivity contribution in [1.29, 1.82) is 0 Å². The lowest BCUT2D eigenvalue weighted by Gasteiger charge is -2.35. The molecule has 1 heterocycles. The molecule has 2 aliphatic rings. The summed E-state index contributed by atoms with van der Waals surface area (Å²) in [5, 5.41) is 6.84. The fourth-order valence-electron chi connectivity index (χ4n) is 2.68. The molecule has 19 heavy (non-hydrogen) atoms. The van der Waals surface area contributed by atoms with E-state index >= 15 is 0 Å². The standard InChI is InChI=1S/C14H20N2O2S/c1-3-18-13(17)11-9(2)15-14(19)16-12(11)10-7-5-4-6-8-10/h4-5,10,12H,3,6-8H2,1-2H3,(H2,15,16,19)/t10-,12+/m1/s1. The SMILES string of the molecule is CCOC(=O)C1=C(C)NC(=S)N[C@H]1[C@@H]1CC=CCC1. The van der Waals surface area contributed by atoms with Crippen molar-refractivity contribution in [3.63, 3.8) is 0 Å². The number of allylic oxidation sites excluding steroid dienone is 3. The van der Waals surface area contributed by atoms with Crippen LogP contribution in [0.3, 0.4) is 0 Å². The summed E-state index contributed by atoms with van der Waals surface area (Å²) in [7, 11) is 0. The molecule has 1 aliphatic heterocycles. The molecule has 0 amide bonds. The molecule has 0 spiro atoms. The summed E-state index contributed by atoms with van der Waals surface area (Å²) in [6.45, 7) is 4.09. The topological polar surface area (TPSA) is 50.4 Å². The van der Waals surface area contributed by atoms with E-state index in [0.717, 1.165) is 25.0 Å². The Labute approximate surface area is 119 Å². The summed E-state index contributed by atoms with van der Waals surface area (Å²) >= 11 is 5.21. The normalized spacial score (nSPS) is 26.7. The molecular weight excluding hydrogens is 260 g/mol. The zero-order valence-corrected chi connectivity index (χ0v) is 12.2. The van der Waals surface area contributed by atoms with Crippen LogP contribution >= 0.6 is 12.2 Å². The van der Waals surface area contributed by atoms with Crippen molar-refractivity contribution in [2.75, 3.05) is 6.61 Å². The Morgan fingerprint density at radius 1 is 1.53 bits per heavy atom. The van der Waals surface area contributed by atoms with Crippen LogP contribution in [0.4, 0.5) is 0 Å². The first kappa shape index (κ1) is 14.1. The van der Waals surface area contributed by atoms with Crippen molar-refractivity contribution in [3.8, 4) is 0 Å². The number of hydrogen-bond acceptors (Lipinski definition) is 3. The Hall–Kier alpha value is -1.36. The number of carbonyl (C=O) groups is 1. The molecule has 2 N–H and O–H groups in total. The van der Waals surface area contributed by atoms with Crippen LogP contribution < -0.4 is 10.6 Å². The number of hydrogen-bond donors (Lipinski definition) is 2. The molecule has 0 fully saturated rings. The van der Waals surface area contributed by atoms with E-state index in [1.165, 1.54) is 0 Å². The number of rotatable bonds is 3. The number of carbonyl (C=O) groups excluding carboxylic acids is 1. The average Bonchev–Trinajstić information content (AvgIpc) is 2.39. The second kappa shape index (κ2) is 6.19. The van der Waals surface area contributed by atoms with E-state index in [1.807, 2.05) is 13.8 Å². The van der Waals surface area contributed by atoms with Gasteiger partial charge < -0.3 is 15.4 Å². The molecule has 0 saturated heterocycles. The van der Waals surface area contributed by atoms with Gasteiger partial charge in [-0.25, -0.2) is 4.79 Å². The van der Waals surface area contributed by atoms with Crippen LogP contribution in [0.2, 0.25) is 0 Å². The minimum Gasteiger partial charge on any atom is -0.463 e. The van der Waals surface area contributed by atoms with E-state index in [2.05, 4.69) is 22.8 Å². The lowest BCUT2D eigenvalue weighted by molar-refractivity contribution is -0.139. The van der Waals surface area contributed by atoms with Crippen LogP contribution in [0.5, 0.6) is 0 Å². The van der Waals surface area contributed by atoms with E-state index in [1.54, 1.807) is 0 Å². The molecule has 2 atom stereocenters. The van der Waals surface area contributed by atoms with Crippen LogP contribution in [0.1, 0.15) is 33.1 Å². The quantitative estimate of drug-likeness (QED) is 0.470. The minimum absolute atomic E-state index is 0.0438. The fourth-order valence-corrected chi connectivity index (χ4v) is 2.96. The van der Waals surface area contributed by atoms with Crippen LogP contribution in [0.25, 0.3) is 0 Å². The largest absolute Gasteiger partial charge is 0.463 e. The second-order valence-corrected chi connectivity index (χ2v) is 5.29. The molecule has 104 valence electrons. The van der Waals surface area contributed by atoms with Gasteiger partial charge in [-0.1, -0.05) is 12.2 Å². The maximum absolute atomic E-state index is 12.1. The summed E-state index contributed by atoms with van der Waals surface area (Å²) in [6, 6.07) is -0.0438. The molecular formula is C14H20N2O2S. The monoisotopic (exact) mass is 280 g/mol. The maximum atomic E-state index is 12.1. The molecule has 0 radical (unpaired) electrons. The molecule has 2 rings (SSSR count). The van der Waals surface area contributed by atoms with Gasteiger partial charge in [0.2, 0.25) is 0 Å². The van der Waals surface area contributed by atoms with Crippen molar-refractivity contribution < 1.29 is 9.53 Å². The molecule has 0 saturated carbocycles. The predicted molar refractivity (Wildman–Crippen MR) is 78.5 cm³/mol. The third-order valence-electron chi connectivity index (χ3n) is 3.58. The van der Waals surface area contributed by atoms with Crippen LogP contribution in [-0.4, -0.2) is 23.7 Å². The summed E-state index contributed by atoms with van der Waals surface area (Å²) in [5.41, 5.74) is 1.50. The van der Waals surface area contributed by atoms with Crippen molar-refractivity contribution in [1.82, 2.24) is 10.6 Å². The van der Waals surface area contributed by atoms with Gasteiger partial charge >= 0.3 is 5.97 Å². The van der Waals surface area contributed by atoms with Gasteiger partial charge in [-0.05, 0) is 51.2 Å². The van der Waals surface area contributed by atoms with Crippen molar-refractivity contribution in [2.24, 2.45) is 5.92 Å². The third-order valence-corrected chi connectivity index (χ3v) is 3.80. The molecule has 1 aliphatic carbocycles. The van der Waals surface area contributed by atoms with E-state index in [-0.39, 0.29) is 12.0 Å². The lowest BCUT2D eigenvalue weighted by atomic mass is 9.82. The number of esters is 1. The fraction of sp³-hybridized carbons (Fsp3) is 0.571. The lowest BCUT2D eigenvalue weighted by Crippen LogP contribution is -2.53. The highest BCUT2D eigenvalue weighted by molar-refractivity contribution is 7.80. The number of ether oxygens (including phenoxy) is 1. The molecule has 4 nitrogen and oxygen atoms in total. The summed E-state index contributed by atoms with van der Waals surface area (Å²) in [5.74, 6) is 0.140. The zero-order chi connectivity index (χ0) is 13.8. The number of thiocarbonyl (C=S) groups is 1. The second-order valence-electron chi connectivity index (χ2n) is 4.88. The predicted octanol–water partition coefficient (Wildman–Crippen LogP) is 2.03. The average molecular weight is 280 g/mol. The first-order chi connectivity index (χ1) is 9.13. The number of nitrogens with one attached hydrogen (secondary N) is 2. The molecule has 0 aromatic rings. The summed E-state index contributed by atoms with van der Waals surface area (Å²) in [4.78, 5) is 12.1. The first-order valence-electron chi connectivity index (χ1n) is 6.74. The smallest absolute Gasteiger partial charge is 0.337 e. The van der Waals surface area contributed by atoms with Crippen LogP contribution in [0, 0.1) is 5.92 Å². The van der Waals surface area contributed by atoms with Gasteiger partial charge in [0.25, 0.3) is 0 Å². The third kappa shape index (κ3) is 3.15. The van der Waals surface area contributed by atoms with Crippen molar-refractivity contribution in [2.45, 2.75) is 39.2 Å². The van der Waals surface area contributed by atoms with Gasteiger partial charge in [-0.3, -0.25) is 0 Å². The Kier molecular flexibility index (Phi) is 4.58. The van der Waals surface area contributed by atoms with Gasteiger partial charge in [0.15, 0.2) is 5.11 Å². The highest BCUT2D eigenvalue weighted by Crippen LogP contribution is 2.29. The minimum atomic E-state index is -0.248. The van der Waals surface area contributed by atoms with E-state index < -0.39 is 0 Å². The summed E-state index contributed by atoms with van der Waals surface area (Å²) in [6.07, 6.45) is 7.46. The highest BCUT2D eigenvalue weighted by atomic mass is 32.1. The van der Waals surface area contributed by atoms with Crippen LogP contribution in [-0.2, 0) is 9.53 Å². The first-order valence-corrected chi connectivity index (χ1v) is 7.14.